The summed E-state index contributed by atoms with van der Waals surface area (Å²) in [6.07, 6.45) is 3.62. The summed E-state index contributed by atoms with van der Waals surface area (Å²) in [5.74, 6) is -0.595. The quantitative estimate of drug-likeness (QED) is 0.402. The number of nitrogens with zero attached hydrogens (tertiary/aromatic N) is 5. The second-order valence-electron chi connectivity index (χ2n) is 7.38. The Kier molecular flexibility index (Phi) is 5.31. The van der Waals surface area contributed by atoms with Gasteiger partial charge in [-0.2, -0.15) is 5.10 Å². The average Bonchev–Trinajstić information content (AvgIpc) is 3.50. The molecule has 3 heterocycles. The first kappa shape index (κ1) is 20.8. The van der Waals surface area contributed by atoms with E-state index in [9.17, 15) is 9.18 Å². The van der Waals surface area contributed by atoms with E-state index in [-0.39, 0.29) is 11.7 Å². The van der Waals surface area contributed by atoms with Crippen LogP contribution in [0.1, 0.15) is 10.4 Å². The van der Waals surface area contributed by atoms with Crippen LogP contribution < -0.4 is 10.2 Å². The molecule has 0 radical (unpaired) electrons. The molecular formula is C24H19FN6OS. The topological polar surface area (TPSA) is 75.4 Å². The molecule has 164 valence electrons. The summed E-state index contributed by atoms with van der Waals surface area (Å²) in [5, 5.41) is 17.3. The molecule has 7 nitrogen and oxygen atoms in total. The second-order valence-corrected chi connectivity index (χ2v) is 8.36. The zero-order chi connectivity index (χ0) is 22.9. The van der Waals surface area contributed by atoms with Gasteiger partial charge in [-0.25, -0.2) is 8.91 Å². The number of carbonyl (C=O) groups is 1. The van der Waals surface area contributed by atoms with Crippen molar-refractivity contribution < 1.29 is 9.18 Å². The van der Waals surface area contributed by atoms with Crippen LogP contribution in [0, 0.1) is 5.82 Å². The smallest absolute Gasteiger partial charge is 0.258 e. The minimum Gasteiger partial charge on any atom is -0.363 e. The van der Waals surface area contributed by atoms with Gasteiger partial charge in [-0.1, -0.05) is 35.6 Å². The molecule has 33 heavy (non-hydrogen) atoms. The van der Waals surface area contributed by atoms with Crippen LogP contribution in [0.5, 0.6) is 0 Å². The highest BCUT2D eigenvalue weighted by Gasteiger charge is 2.16. The molecule has 0 bridgehead atoms. The van der Waals surface area contributed by atoms with Gasteiger partial charge in [0.05, 0.1) is 11.7 Å². The molecule has 9 heteroatoms. The highest BCUT2D eigenvalue weighted by Crippen LogP contribution is 2.31. The highest BCUT2D eigenvalue weighted by molar-refractivity contribution is 7.18. The van der Waals surface area contributed by atoms with Gasteiger partial charge < -0.3 is 10.2 Å². The Hall–Kier alpha value is -4.11. The van der Waals surface area contributed by atoms with Crippen LogP contribution in [0.2, 0.25) is 0 Å². The lowest BCUT2D eigenvalue weighted by Crippen LogP contribution is -2.26. The monoisotopic (exact) mass is 458 g/mol. The molecule has 1 amide bonds. The lowest BCUT2D eigenvalue weighted by molar-refractivity contribution is 0.0993. The van der Waals surface area contributed by atoms with Crippen molar-refractivity contribution in [3.63, 3.8) is 0 Å². The largest absolute Gasteiger partial charge is 0.363 e. The lowest BCUT2D eigenvalue weighted by atomic mass is 10.1. The van der Waals surface area contributed by atoms with Gasteiger partial charge in [0.1, 0.15) is 10.8 Å². The molecular weight excluding hydrogens is 439 g/mol. The molecule has 0 saturated heterocycles. The van der Waals surface area contributed by atoms with Gasteiger partial charge in [0, 0.05) is 42.7 Å². The fourth-order valence-electron chi connectivity index (χ4n) is 3.54. The molecule has 5 rings (SSSR count). The maximum atomic E-state index is 13.2. The number of anilines is 2. The van der Waals surface area contributed by atoms with Gasteiger partial charge in [0.15, 0.2) is 0 Å². The number of fused-ring (bicyclic) bond motifs is 1. The highest BCUT2D eigenvalue weighted by atomic mass is 32.1. The summed E-state index contributed by atoms with van der Waals surface area (Å²) in [5.41, 5.74) is 4.92. The third-order valence-corrected chi connectivity index (χ3v) is 6.36. The van der Waals surface area contributed by atoms with Crippen LogP contribution in [-0.2, 0) is 0 Å². The predicted molar refractivity (Wildman–Crippen MR) is 128 cm³/mol. The predicted octanol–water partition coefficient (Wildman–Crippen LogP) is 4.98. The molecule has 0 spiro atoms. The molecule has 0 fully saturated rings. The van der Waals surface area contributed by atoms with Gasteiger partial charge in [0.2, 0.25) is 5.13 Å². The maximum Gasteiger partial charge on any atom is 0.258 e. The maximum absolute atomic E-state index is 13.2. The number of hydrogen-bond donors (Lipinski definition) is 1. The standard InChI is InChI=1S/C24H19FN6OS/c1-26-24-29-28-22(33-24)16-5-3-15(4-6-16)20-14-27-31-12-11-19(13-21(20)31)30(2)23(32)17-7-9-18(25)10-8-17/h3-14H,1-2H3,(H,26,29). The van der Waals surface area contributed by atoms with Crippen molar-refractivity contribution in [2.45, 2.75) is 0 Å². The molecule has 0 atom stereocenters. The molecule has 5 aromatic rings. The van der Waals surface area contributed by atoms with E-state index >= 15 is 0 Å². The molecule has 0 unspecified atom stereocenters. The first-order chi connectivity index (χ1) is 16.0. The minimum absolute atomic E-state index is 0.220. The third-order valence-electron chi connectivity index (χ3n) is 5.37. The van der Waals surface area contributed by atoms with E-state index in [0.29, 0.717) is 11.3 Å². The zero-order valence-electron chi connectivity index (χ0n) is 17.9. The molecule has 3 aromatic heterocycles. The van der Waals surface area contributed by atoms with Gasteiger partial charge in [-0.05, 0) is 42.0 Å². The van der Waals surface area contributed by atoms with Crippen molar-refractivity contribution in [3.8, 4) is 21.7 Å². The number of aromatic nitrogens is 4. The summed E-state index contributed by atoms with van der Waals surface area (Å²) in [4.78, 5) is 14.4. The zero-order valence-corrected chi connectivity index (χ0v) is 18.7. The Morgan fingerprint density at radius 3 is 2.45 bits per heavy atom. The van der Waals surface area contributed by atoms with Crippen LogP contribution in [0.15, 0.2) is 73.1 Å². The number of nitrogens with one attached hydrogen (secondary N) is 1. The van der Waals surface area contributed by atoms with E-state index in [2.05, 4.69) is 20.6 Å². The number of rotatable bonds is 5. The molecule has 0 saturated carbocycles. The number of hydrogen-bond acceptors (Lipinski definition) is 6. The molecule has 0 aliphatic rings. The van der Waals surface area contributed by atoms with Gasteiger partial charge in [0.25, 0.3) is 5.91 Å². The summed E-state index contributed by atoms with van der Waals surface area (Å²) >= 11 is 1.49. The van der Waals surface area contributed by atoms with Crippen molar-refractivity contribution >= 4 is 33.6 Å². The van der Waals surface area contributed by atoms with E-state index in [1.54, 1.807) is 22.7 Å². The van der Waals surface area contributed by atoms with E-state index in [4.69, 9.17) is 0 Å². The van der Waals surface area contributed by atoms with E-state index in [1.807, 2.05) is 49.6 Å². The van der Waals surface area contributed by atoms with Crippen LogP contribution in [0.3, 0.4) is 0 Å². The molecule has 0 aliphatic carbocycles. The molecule has 1 N–H and O–H groups in total. The Morgan fingerprint density at radius 1 is 1.03 bits per heavy atom. The van der Waals surface area contributed by atoms with Gasteiger partial charge in [-0.15, -0.1) is 10.2 Å². The number of pyridine rings is 1. The van der Waals surface area contributed by atoms with Crippen LogP contribution in [-0.4, -0.2) is 39.8 Å². The first-order valence-electron chi connectivity index (χ1n) is 10.2. The summed E-state index contributed by atoms with van der Waals surface area (Å²) in [6, 6.07) is 17.3. The third kappa shape index (κ3) is 3.94. The number of halogens is 1. The van der Waals surface area contributed by atoms with E-state index in [0.717, 1.165) is 32.3 Å². The number of amides is 1. The average molecular weight is 459 g/mol. The SMILES string of the molecule is CNc1nnc(-c2ccc(-c3cnn4ccc(N(C)C(=O)c5ccc(F)cc5)cc34)cc2)s1. The van der Waals surface area contributed by atoms with Gasteiger partial charge in [-0.3, -0.25) is 4.79 Å². The Morgan fingerprint density at radius 2 is 1.76 bits per heavy atom. The molecule has 2 aromatic carbocycles. The lowest BCUT2D eigenvalue weighted by Gasteiger charge is -2.18. The van der Waals surface area contributed by atoms with Crippen molar-refractivity contribution in [3.05, 3.63) is 84.4 Å². The fourth-order valence-corrected chi connectivity index (χ4v) is 4.24. The molecule has 0 aliphatic heterocycles. The van der Waals surface area contributed by atoms with Crippen molar-refractivity contribution in [1.29, 1.82) is 0 Å². The van der Waals surface area contributed by atoms with Crippen molar-refractivity contribution in [1.82, 2.24) is 19.8 Å². The van der Waals surface area contributed by atoms with Crippen LogP contribution in [0.4, 0.5) is 15.2 Å². The van der Waals surface area contributed by atoms with Crippen LogP contribution >= 0.6 is 11.3 Å². The van der Waals surface area contributed by atoms with Crippen molar-refractivity contribution in [2.24, 2.45) is 0 Å². The van der Waals surface area contributed by atoms with E-state index in [1.165, 1.54) is 35.6 Å². The normalized spacial score (nSPS) is 11.0. The van der Waals surface area contributed by atoms with Crippen molar-refractivity contribution in [2.75, 3.05) is 24.3 Å². The van der Waals surface area contributed by atoms with E-state index < -0.39 is 0 Å². The number of carbonyl (C=O) groups excluding carboxylic acids is 1. The Bertz CT molecular complexity index is 1440. The summed E-state index contributed by atoms with van der Waals surface area (Å²) in [7, 11) is 3.52. The fraction of sp³-hybridized carbons (Fsp3) is 0.0833. The Balaban J connectivity index is 1.45. The summed E-state index contributed by atoms with van der Waals surface area (Å²) < 4.78 is 15.0. The first-order valence-corrected chi connectivity index (χ1v) is 11.0. The van der Waals surface area contributed by atoms with Crippen LogP contribution in [0.25, 0.3) is 27.2 Å². The minimum atomic E-state index is -0.376. The van der Waals surface area contributed by atoms with Gasteiger partial charge >= 0.3 is 0 Å². The summed E-state index contributed by atoms with van der Waals surface area (Å²) in [6.45, 7) is 0. The number of benzene rings is 2. The Labute approximate surface area is 193 Å². The second kappa shape index (κ2) is 8.44.